The Morgan fingerprint density at radius 1 is 1.19 bits per heavy atom. The lowest BCUT2D eigenvalue weighted by molar-refractivity contribution is -0.127. The van der Waals surface area contributed by atoms with Gasteiger partial charge in [-0.15, -0.1) is 0 Å². The SMILES string of the molecule is CC(F)(F)C[C@H]([NH-])C(=O)NC1(C#N)CC1.COc1ccc(N2CCC3(CCN(C(=O)O)CC3)C2=O)cc1. The van der Waals surface area contributed by atoms with Gasteiger partial charge in [-0.2, -0.15) is 5.26 Å². The van der Waals surface area contributed by atoms with Gasteiger partial charge in [0.15, 0.2) is 0 Å². The van der Waals surface area contributed by atoms with E-state index < -0.39 is 35.9 Å². The van der Waals surface area contributed by atoms with E-state index in [9.17, 15) is 23.2 Å². The summed E-state index contributed by atoms with van der Waals surface area (Å²) in [5, 5.41) is 20.0. The summed E-state index contributed by atoms with van der Waals surface area (Å²) in [6, 6.07) is 7.86. The molecule has 1 aromatic rings. The monoisotopic (exact) mass is 520 g/mol. The number of carboxylic acid groups (broad SMARTS) is 1. The molecule has 12 heteroatoms. The fraction of sp³-hybridized carbons (Fsp3) is 0.600. The first kappa shape index (κ1) is 28.1. The number of carbonyl (C=O) groups is 3. The maximum absolute atomic E-state index is 12.8. The fourth-order valence-electron chi connectivity index (χ4n) is 4.58. The van der Waals surface area contributed by atoms with Gasteiger partial charge < -0.3 is 30.7 Å². The zero-order valence-corrected chi connectivity index (χ0v) is 20.9. The summed E-state index contributed by atoms with van der Waals surface area (Å²) < 4.78 is 30.1. The Balaban J connectivity index is 0.000000222. The Morgan fingerprint density at radius 2 is 1.76 bits per heavy atom. The van der Waals surface area contributed by atoms with Crippen LogP contribution in [-0.4, -0.2) is 72.2 Å². The minimum absolute atomic E-state index is 0.128. The third kappa shape index (κ3) is 6.85. The summed E-state index contributed by atoms with van der Waals surface area (Å²) in [7, 11) is 1.61. The lowest BCUT2D eigenvalue weighted by atomic mass is 9.77. The first-order valence-corrected chi connectivity index (χ1v) is 12.1. The number of ether oxygens (including phenoxy) is 1. The molecule has 0 unspecified atom stereocenters. The van der Waals surface area contributed by atoms with Crippen LogP contribution in [0.15, 0.2) is 24.3 Å². The first-order valence-electron chi connectivity index (χ1n) is 12.1. The van der Waals surface area contributed by atoms with Crippen molar-refractivity contribution in [3.63, 3.8) is 0 Å². The minimum Gasteiger partial charge on any atom is -0.667 e. The fourth-order valence-corrected chi connectivity index (χ4v) is 4.58. The molecular formula is C25H32F2N5O5-. The number of nitrogens with zero attached hydrogens (tertiary/aromatic N) is 3. The van der Waals surface area contributed by atoms with Crippen molar-refractivity contribution in [2.45, 2.75) is 63.0 Å². The number of likely N-dealkylation sites (tertiary alicyclic amines) is 1. The lowest BCUT2D eigenvalue weighted by Gasteiger charge is -2.36. The van der Waals surface area contributed by atoms with E-state index in [4.69, 9.17) is 20.8 Å². The Hall–Kier alpha value is -3.46. The molecule has 1 saturated carbocycles. The second-order valence-electron chi connectivity index (χ2n) is 9.96. The number of nitrogens with one attached hydrogen (secondary N) is 2. The van der Waals surface area contributed by atoms with E-state index in [1.807, 2.05) is 35.2 Å². The molecule has 1 aliphatic carbocycles. The van der Waals surface area contributed by atoms with Crippen molar-refractivity contribution in [1.29, 1.82) is 5.26 Å². The molecular weight excluding hydrogens is 488 g/mol. The van der Waals surface area contributed by atoms with Crippen molar-refractivity contribution in [1.82, 2.24) is 10.2 Å². The highest BCUT2D eigenvalue weighted by Crippen LogP contribution is 2.43. The number of benzene rings is 1. The molecule has 3 fully saturated rings. The van der Waals surface area contributed by atoms with E-state index >= 15 is 0 Å². The van der Waals surface area contributed by atoms with Gasteiger partial charge in [-0.25, -0.2) is 13.6 Å². The number of nitriles is 1. The number of halogens is 2. The van der Waals surface area contributed by atoms with Crippen molar-refractivity contribution in [2.24, 2.45) is 5.41 Å². The van der Waals surface area contributed by atoms with Crippen LogP contribution in [0.5, 0.6) is 5.75 Å². The van der Waals surface area contributed by atoms with E-state index in [1.54, 1.807) is 7.11 Å². The topological polar surface area (TPSA) is 147 Å². The third-order valence-corrected chi connectivity index (χ3v) is 7.09. The number of amides is 3. The minimum atomic E-state index is -3.03. The average Bonchev–Trinajstić information content (AvgIpc) is 3.56. The average molecular weight is 521 g/mol. The number of anilines is 1. The van der Waals surface area contributed by atoms with Crippen molar-refractivity contribution >= 4 is 23.6 Å². The molecule has 10 nitrogen and oxygen atoms in total. The number of hydrogen-bond donors (Lipinski definition) is 2. The van der Waals surface area contributed by atoms with Crippen molar-refractivity contribution in [2.75, 3.05) is 31.6 Å². The number of hydrogen-bond acceptors (Lipinski definition) is 5. The molecule has 1 spiro atoms. The number of alkyl halides is 2. The van der Waals surface area contributed by atoms with Gasteiger partial charge in [0.05, 0.1) is 18.6 Å². The second-order valence-corrected chi connectivity index (χ2v) is 9.96. The second kappa shape index (κ2) is 10.9. The van der Waals surface area contributed by atoms with E-state index in [0.717, 1.165) is 17.9 Å². The molecule has 3 amide bonds. The Labute approximate surface area is 214 Å². The summed E-state index contributed by atoms with van der Waals surface area (Å²) in [5.41, 5.74) is 6.82. The molecule has 1 atom stereocenters. The van der Waals surface area contributed by atoms with Crippen molar-refractivity contribution in [3.05, 3.63) is 30.0 Å². The summed E-state index contributed by atoms with van der Waals surface area (Å²) in [6.45, 7) is 2.24. The predicted octanol–water partition coefficient (Wildman–Crippen LogP) is 3.82. The highest BCUT2D eigenvalue weighted by atomic mass is 19.3. The molecule has 3 N–H and O–H groups in total. The molecule has 4 rings (SSSR count). The predicted molar refractivity (Wildman–Crippen MR) is 130 cm³/mol. The molecule has 0 aromatic heterocycles. The molecule has 2 saturated heterocycles. The quantitative estimate of drug-likeness (QED) is 0.583. The molecule has 1 aromatic carbocycles. The van der Waals surface area contributed by atoms with Crippen LogP contribution >= 0.6 is 0 Å². The van der Waals surface area contributed by atoms with E-state index in [0.29, 0.717) is 52.2 Å². The van der Waals surface area contributed by atoms with Crippen LogP contribution in [0.1, 0.15) is 45.4 Å². The van der Waals surface area contributed by atoms with Crippen LogP contribution in [-0.2, 0) is 9.59 Å². The molecule has 0 bridgehead atoms. The van der Waals surface area contributed by atoms with Crippen LogP contribution in [0.25, 0.3) is 5.73 Å². The van der Waals surface area contributed by atoms with Crippen LogP contribution in [0.3, 0.4) is 0 Å². The largest absolute Gasteiger partial charge is 0.667 e. The summed E-state index contributed by atoms with van der Waals surface area (Å²) >= 11 is 0. The molecule has 3 aliphatic rings. The van der Waals surface area contributed by atoms with Gasteiger partial charge in [0.1, 0.15) is 11.3 Å². The number of methoxy groups -OCH3 is 1. The van der Waals surface area contributed by atoms with Crippen molar-refractivity contribution in [3.8, 4) is 11.8 Å². The summed E-state index contributed by atoms with van der Waals surface area (Å²) in [5.74, 6) is -2.94. The zero-order valence-electron chi connectivity index (χ0n) is 20.9. The van der Waals surface area contributed by atoms with Gasteiger partial charge in [-0.1, -0.05) is 6.04 Å². The van der Waals surface area contributed by atoms with Crippen LogP contribution < -0.4 is 15.0 Å². The smallest absolute Gasteiger partial charge is 0.407 e. The van der Waals surface area contributed by atoms with Gasteiger partial charge >= 0.3 is 6.09 Å². The summed E-state index contributed by atoms with van der Waals surface area (Å²) in [6.07, 6.45) is 1.38. The highest BCUT2D eigenvalue weighted by molar-refractivity contribution is 6.00. The summed E-state index contributed by atoms with van der Waals surface area (Å²) in [4.78, 5) is 38.3. The van der Waals surface area contributed by atoms with Gasteiger partial charge in [0.25, 0.3) is 0 Å². The number of piperidine rings is 1. The van der Waals surface area contributed by atoms with Crippen LogP contribution in [0.2, 0.25) is 0 Å². The maximum Gasteiger partial charge on any atom is 0.407 e. The number of rotatable bonds is 6. The molecule has 37 heavy (non-hydrogen) atoms. The Morgan fingerprint density at radius 3 is 2.22 bits per heavy atom. The highest BCUT2D eigenvalue weighted by Gasteiger charge is 2.49. The normalized spacial score (nSPS) is 20.4. The van der Waals surface area contributed by atoms with Gasteiger partial charge in [0.2, 0.25) is 17.7 Å². The molecule has 202 valence electrons. The standard InChI is InChI=1S/C16H20N2O4.C9H12F2N3O/c1-22-13-4-2-12(3-5-13)18-11-8-16(14(18)19)6-9-17(10-7-16)15(20)21;1-8(10,11)4-6(13)7(15)14-9(5-12)2-3-9/h2-5H,6-11H2,1H3,(H,20,21);6,13H,2-4H2,1H3,(H,14,15)/q;-1/t;6-/m.0/s1. The lowest BCUT2D eigenvalue weighted by Crippen LogP contribution is -2.46. The van der Waals surface area contributed by atoms with Crippen LogP contribution in [0.4, 0.5) is 19.3 Å². The first-order chi connectivity index (χ1) is 17.3. The van der Waals surface area contributed by atoms with E-state index in [2.05, 4.69) is 5.32 Å². The van der Waals surface area contributed by atoms with Crippen LogP contribution in [0, 0.1) is 16.7 Å². The van der Waals surface area contributed by atoms with E-state index in [1.165, 1.54) is 4.90 Å². The Kier molecular flexibility index (Phi) is 8.27. The Bertz CT molecular complexity index is 1040. The van der Waals surface area contributed by atoms with Gasteiger partial charge in [-0.05, 0) is 63.3 Å². The maximum atomic E-state index is 12.8. The van der Waals surface area contributed by atoms with Gasteiger partial charge in [-0.3, -0.25) is 9.59 Å². The third-order valence-electron chi connectivity index (χ3n) is 7.09. The zero-order chi connectivity index (χ0) is 27.4. The van der Waals surface area contributed by atoms with E-state index in [-0.39, 0.29) is 11.3 Å². The molecule has 0 radical (unpaired) electrons. The number of carbonyl (C=O) groups excluding carboxylic acids is 2. The van der Waals surface area contributed by atoms with Gasteiger partial charge in [0, 0.05) is 31.7 Å². The molecule has 2 aliphatic heterocycles. The molecule has 2 heterocycles. The van der Waals surface area contributed by atoms with Crippen molar-refractivity contribution < 1.29 is 33.0 Å².